The SMILES string of the molecule is CC(=O)c1cccc(NC(=O)NC[C@@H](C)c2nc3ccccc3s2)c1. The zero-order valence-corrected chi connectivity index (χ0v) is 14.9. The largest absolute Gasteiger partial charge is 0.337 e. The number of fused-ring (bicyclic) bond motifs is 1. The topological polar surface area (TPSA) is 71.1 Å². The third-order valence-corrected chi connectivity index (χ3v) is 5.10. The molecule has 0 aliphatic rings. The summed E-state index contributed by atoms with van der Waals surface area (Å²) in [6, 6.07) is 14.6. The van der Waals surface area contributed by atoms with Gasteiger partial charge in [0.05, 0.1) is 15.2 Å². The average molecular weight is 353 g/mol. The van der Waals surface area contributed by atoms with Crippen molar-refractivity contribution in [2.24, 2.45) is 0 Å². The maximum atomic E-state index is 12.1. The molecule has 25 heavy (non-hydrogen) atoms. The molecule has 0 unspecified atom stereocenters. The Morgan fingerprint density at radius 3 is 2.72 bits per heavy atom. The normalized spacial score (nSPS) is 11.9. The van der Waals surface area contributed by atoms with E-state index in [2.05, 4.69) is 15.6 Å². The summed E-state index contributed by atoms with van der Waals surface area (Å²) in [5, 5.41) is 6.61. The maximum Gasteiger partial charge on any atom is 0.319 e. The molecule has 1 aromatic heterocycles. The molecule has 2 aromatic carbocycles. The van der Waals surface area contributed by atoms with Crippen molar-refractivity contribution < 1.29 is 9.59 Å². The number of carbonyl (C=O) groups is 2. The molecule has 5 nitrogen and oxygen atoms in total. The number of nitrogens with zero attached hydrogens (tertiary/aromatic N) is 1. The van der Waals surface area contributed by atoms with Gasteiger partial charge in [0.2, 0.25) is 0 Å². The lowest BCUT2D eigenvalue weighted by Gasteiger charge is -2.11. The molecule has 128 valence electrons. The molecular formula is C19H19N3O2S. The highest BCUT2D eigenvalue weighted by atomic mass is 32.1. The summed E-state index contributed by atoms with van der Waals surface area (Å²) < 4.78 is 1.15. The molecule has 0 bridgehead atoms. The molecule has 0 fully saturated rings. The van der Waals surface area contributed by atoms with E-state index in [1.807, 2.05) is 31.2 Å². The van der Waals surface area contributed by atoms with Gasteiger partial charge in [0, 0.05) is 23.7 Å². The van der Waals surface area contributed by atoms with Crippen LogP contribution in [0, 0.1) is 0 Å². The van der Waals surface area contributed by atoms with Gasteiger partial charge < -0.3 is 10.6 Å². The van der Waals surface area contributed by atoms with E-state index in [9.17, 15) is 9.59 Å². The highest BCUT2D eigenvalue weighted by molar-refractivity contribution is 7.18. The van der Waals surface area contributed by atoms with Crippen LogP contribution >= 0.6 is 11.3 Å². The Morgan fingerprint density at radius 1 is 1.16 bits per heavy atom. The Balaban J connectivity index is 1.58. The van der Waals surface area contributed by atoms with Gasteiger partial charge in [-0.3, -0.25) is 4.79 Å². The van der Waals surface area contributed by atoms with Gasteiger partial charge in [-0.2, -0.15) is 0 Å². The van der Waals surface area contributed by atoms with E-state index < -0.39 is 0 Å². The Labute approximate surface area is 150 Å². The van der Waals surface area contributed by atoms with Crippen molar-refractivity contribution in [3.63, 3.8) is 0 Å². The molecule has 3 aromatic rings. The number of urea groups is 1. The van der Waals surface area contributed by atoms with Gasteiger partial charge in [-0.25, -0.2) is 9.78 Å². The van der Waals surface area contributed by atoms with Crippen molar-refractivity contribution in [3.8, 4) is 0 Å². The Bertz CT molecular complexity index is 887. The number of amides is 2. The van der Waals surface area contributed by atoms with Crippen LogP contribution in [-0.2, 0) is 0 Å². The molecule has 6 heteroatoms. The second-order valence-electron chi connectivity index (χ2n) is 5.89. The summed E-state index contributed by atoms with van der Waals surface area (Å²) in [7, 11) is 0. The predicted molar refractivity (Wildman–Crippen MR) is 102 cm³/mol. The number of ketones is 1. The second kappa shape index (κ2) is 7.44. The van der Waals surface area contributed by atoms with Crippen LogP contribution in [0.4, 0.5) is 10.5 Å². The third-order valence-electron chi connectivity index (χ3n) is 3.83. The number of thiazole rings is 1. The summed E-state index contributed by atoms with van der Waals surface area (Å²) in [4.78, 5) is 28.1. The van der Waals surface area contributed by atoms with E-state index in [4.69, 9.17) is 0 Å². The van der Waals surface area contributed by atoms with Gasteiger partial charge >= 0.3 is 6.03 Å². The fourth-order valence-corrected chi connectivity index (χ4v) is 3.44. The number of para-hydroxylation sites is 1. The van der Waals surface area contributed by atoms with Crippen LogP contribution in [0.5, 0.6) is 0 Å². The van der Waals surface area contributed by atoms with Crippen molar-refractivity contribution in [3.05, 3.63) is 59.1 Å². The minimum Gasteiger partial charge on any atom is -0.337 e. The summed E-state index contributed by atoms with van der Waals surface area (Å²) in [6.45, 7) is 4.02. The van der Waals surface area contributed by atoms with Gasteiger partial charge in [0.15, 0.2) is 5.78 Å². The molecule has 0 saturated heterocycles. The van der Waals surface area contributed by atoms with Gasteiger partial charge in [0.1, 0.15) is 0 Å². The molecular weight excluding hydrogens is 334 g/mol. The first-order valence-corrected chi connectivity index (χ1v) is 8.86. The number of anilines is 1. The molecule has 1 atom stereocenters. The molecule has 2 N–H and O–H groups in total. The van der Waals surface area contributed by atoms with Crippen LogP contribution in [0.25, 0.3) is 10.2 Å². The Morgan fingerprint density at radius 2 is 1.96 bits per heavy atom. The summed E-state index contributed by atoms with van der Waals surface area (Å²) in [5.41, 5.74) is 2.15. The highest BCUT2D eigenvalue weighted by Crippen LogP contribution is 2.26. The number of hydrogen-bond acceptors (Lipinski definition) is 4. The standard InChI is InChI=1S/C19H19N3O2S/c1-12(18-22-16-8-3-4-9-17(16)25-18)11-20-19(24)21-15-7-5-6-14(10-15)13(2)23/h3-10,12H,11H2,1-2H3,(H2,20,21,24)/t12-/m1/s1. The fourth-order valence-electron chi connectivity index (χ4n) is 2.43. The van der Waals surface area contributed by atoms with Crippen LogP contribution in [0.15, 0.2) is 48.5 Å². The van der Waals surface area contributed by atoms with Crippen molar-refractivity contribution in [2.75, 3.05) is 11.9 Å². The summed E-state index contributed by atoms with van der Waals surface area (Å²) in [5.74, 6) is 0.0835. The Kier molecular flexibility index (Phi) is 5.09. The second-order valence-corrected chi connectivity index (χ2v) is 6.96. The molecule has 3 rings (SSSR count). The van der Waals surface area contributed by atoms with E-state index in [1.165, 1.54) is 6.92 Å². The molecule has 0 saturated carbocycles. The number of carbonyl (C=O) groups excluding carboxylic acids is 2. The molecule has 0 aliphatic carbocycles. The molecule has 0 spiro atoms. The van der Waals surface area contributed by atoms with E-state index in [0.29, 0.717) is 17.8 Å². The van der Waals surface area contributed by atoms with E-state index in [0.717, 1.165) is 15.2 Å². The Hall–Kier alpha value is -2.73. The zero-order chi connectivity index (χ0) is 17.8. The number of Topliss-reactive ketones (excluding diaryl/α,β-unsaturated/α-hetero) is 1. The minimum absolute atomic E-state index is 0.0338. The van der Waals surface area contributed by atoms with Crippen molar-refractivity contribution in [1.29, 1.82) is 0 Å². The first-order valence-electron chi connectivity index (χ1n) is 8.04. The lowest BCUT2D eigenvalue weighted by Crippen LogP contribution is -2.31. The van der Waals surface area contributed by atoms with E-state index in [-0.39, 0.29) is 17.7 Å². The van der Waals surface area contributed by atoms with Crippen molar-refractivity contribution in [2.45, 2.75) is 19.8 Å². The number of benzene rings is 2. The number of nitrogens with one attached hydrogen (secondary N) is 2. The van der Waals surface area contributed by atoms with E-state index >= 15 is 0 Å². The molecule has 0 aliphatic heterocycles. The minimum atomic E-state index is -0.298. The van der Waals surface area contributed by atoms with Gasteiger partial charge in [0.25, 0.3) is 0 Å². The van der Waals surface area contributed by atoms with Crippen LogP contribution in [0.2, 0.25) is 0 Å². The zero-order valence-electron chi connectivity index (χ0n) is 14.1. The highest BCUT2D eigenvalue weighted by Gasteiger charge is 2.13. The summed E-state index contributed by atoms with van der Waals surface area (Å²) >= 11 is 1.65. The van der Waals surface area contributed by atoms with Crippen LogP contribution in [0.3, 0.4) is 0 Å². The fraction of sp³-hybridized carbons (Fsp3) is 0.211. The van der Waals surface area contributed by atoms with Gasteiger partial charge in [-0.05, 0) is 31.2 Å². The van der Waals surface area contributed by atoms with E-state index in [1.54, 1.807) is 35.6 Å². The maximum absolute atomic E-state index is 12.1. The lowest BCUT2D eigenvalue weighted by molar-refractivity contribution is 0.101. The quantitative estimate of drug-likeness (QED) is 0.667. The van der Waals surface area contributed by atoms with Crippen molar-refractivity contribution >= 4 is 39.1 Å². The van der Waals surface area contributed by atoms with Gasteiger partial charge in [-0.15, -0.1) is 11.3 Å². The third kappa shape index (κ3) is 4.22. The first-order chi connectivity index (χ1) is 12.0. The monoisotopic (exact) mass is 353 g/mol. The van der Waals surface area contributed by atoms with Crippen LogP contribution in [0.1, 0.15) is 35.1 Å². The van der Waals surface area contributed by atoms with Gasteiger partial charge in [-0.1, -0.05) is 31.2 Å². The van der Waals surface area contributed by atoms with Crippen LogP contribution < -0.4 is 10.6 Å². The van der Waals surface area contributed by atoms with Crippen LogP contribution in [-0.4, -0.2) is 23.3 Å². The molecule has 0 radical (unpaired) electrons. The van der Waals surface area contributed by atoms with Crippen molar-refractivity contribution in [1.82, 2.24) is 10.3 Å². The number of aromatic nitrogens is 1. The number of hydrogen-bond donors (Lipinski definition) is 2. The predicted octanol–water partition coefficient (Wildman–Crippen LogP) is 4.42. The molecule has 1 heterocycles. The molecule has 2 amide bonds. The summed E-state index contributed by atoms with van der Waals surface area (Å²) in [6.07, 6.45) is 0. The lowest BCUT2D eigenvalue weighted by atomic mass is 10.1. The smallest absolute Gasteiger partial charge is 0.319 e. The first kappa shape index (κ1) is 17.1. The number of rotatable bonds is 5. The average Bonchev–Trinajstić information content (AvgIpc) is 3.04.